The molecule has 1 heterocycles. The third kappa shape index (κ3) is 4.40. The van der Waals surface area contributed by atoms with E-state index >= 15 is 0 Å². The van der Waals surface area contributed by atoms with E-state index in [-0.39, 0.29) is 11.0 Å². The zero-order valence-electron chi connectivity index (χ0n) is 14.3. The second kappa shape index (κ2) is 7.38. The highest BCUT2D eigenvalue weighted by Crippen LogP contribution is 2.20. The maximum absolute atomic E-state index is 12.6. The van der Waals surface area contributed by atoms with E-state index in [4.69, 9.17) is 4.74 Å². The lowest BCUT2D eigenvalue weighted by Gasteiger charge is -2.21. The number of nitrogens with zero attached hydrogens (tertiary/aromatic N) is 2. The molecule has 124 valence electrons. The largest absolute Gasteiger partial charge is 0.383 e. The van der Waals surface area contributed by atoms with Crippen molar-refractivity contribution in [2.75, 3.05) is 13.7 Å². The first-order chi connectivity index (χ1) is 10.4. The quantitative estimate of drug-likeness (QED) is 0.875. The predicted octanol–water partition coefficient (Wildman–Crippen LogP) is 2.22. The van der Waals surface area contributed by atoms with Crippen LogP contribution in [-0.2, 0) is 23.2 Å². The highest BCUT2D eigenvalue weighted by Gasteiger charge is 2.20. The molecule has 0 saturated heterocycles. The minimum Gasteiger partial charge on any atom is -0.383 e. The van der Waals surface area contributed by atoms with Gasteiger partial charge in [-0.1, -0.05) is 33.6 Å². The van der Waals surface area contributed by atoms with Gasteiger partial charge in [-0.25, -0.2) is 4.68 Å². The molecule has 1 N–H and O–H groups in total. The van der Waals surface area contributed by atoms with Gasteiger partial charge in [0.2, 0.25) is 0 Å². The molecule has 2 rings (SSSR count). The fourth-order valence-corrected chi connectivity index (χ4v) is 2.80. The highest BCUT2D eigenvalue weighted by atomic mass is 16.5. The molecule has 0 radical (unpaired) electrons. The van der Waals surface area contributed by atoms with E-state index in [1.807, 2.05) is 6.07 Å². The molecule has 1 aliphatic carbocycles. The van der Waals surface area contributed by atoms with Crippen LogP contribution in [0.25, 0.3) is 0 Å². The first-order valence-corrected chi connectivity index (χ1v) is 8.25. The summed E-state index contributed by atoms with van der Waals surface area (Å²) in [6.45, 7) is 7.98. The van der Waals surface area contributed by atoms with Crippen molar-refractivity contribution in [3.63, 3.8) is 0 Å². The van der Waals surface area contributed by atoms with E-state index in [0.717, 1.165) is 11.3 Å². The zero-order valence-corrected chi connectivity index (χ0v) is 14.3. The van der Waals surface area contributed by atoms with Gasteiger partial charge >= 0.3 is 0 Å². The second-order valence-electron chi connectivity index (χ2n) is 7.19. The van der Waals surface area contributed by atoms with Gasteiger partial charge < -0.3 is 10.1 Å². The van der Waals surface area contributed by atoms with Crippen LogP contribution in [0.3, 0.4) is 0 Å². The summed E-state index contributed by atoms with van der Waals surface area (Å²) < 4.78 is 6.64. The van der Waals surface area contributed by atoms with E-state index in [1.165, 1.54) is 25.7 Å². The van der Waals surface area contributed by atoms with Gasteiger partial charge in [-0.15, -0.1) is 0 Å². The Labute approximate surface area is 133 Å². The van der Waals surface area contributed by atoms with Crippen LogP contribution in [0.4, 0.5) is 0 Å². The highest BCUT2D eigenvalue weighted by molar-refractivity contribution is 5.19. The average molecular weight is 307 g/mol. The number of hydrogen-bond acceptors (Lipinski definition) is 4. The summed E-state index contributed by atoms with van der Waals surface area (Å²) in [5.41, 5.74) is 1.68. The van der Waals surface area contributed by atoms with Crippen molar-refractivity contribution in [1.29, 1.82) is 0 Å². The van der Waals surface area contributed by atoms with Gasteiger partial charge in [-0.2, -0.15) is 5.10 Å². The Morgan fingerprint density at radius 2 is 2.05 bits per heavy atom. The summed E-state index contributed by atoms with van der Waals surface area (Å²) >= 11 is 0. The molecule has 0 atom stereocenters. The number of hydrogen-bond donors (Lipinski definition) is 1. The Kier molecular flexibility index (Phi) is 5.75. The van der Waals surface area contributed by atoms with Crippen LogP contribution in [0, 0.1) is 0 Å². The molecular formula is C17H29N3O2. The van der Waals surface area contributed by atoms with E-state index in [1.54, 1.807) is 11.8 Å². The first-order valence-electron chi connectivity index (χ1n) is 8.25. The van der Waals surface area contributed by atoms with Gasteiger partial charge in [0.25, 0.3) is 5.56 Å². The number of ether oxygens (including phenoxy) is 1. The van der Waals surface area contributed by atoms with Gasteiger partial charge in [-0.05, 0) is 18.9 Å². The summed E-state index contributed by atoms with van der Waals surface area (Å²) in [4.78, 5) is 12.6. The number of aromatic nitrogens is 2. The van der Waals surface area contributed by atoms with Crippen molar-refractivity contribution >= 4 is 0 Å². The minimum atomic E-state index is -0.0787. The number of rotatable bonds is 6. The van der Waals surface area contributed by atoms with Crippen LogP contribution < -0.4 is 10.9 Å². The molecule has 1 fully saturated rings. The zero-order chi connectivity index (χ0) is 16.2. The third-order valence-corrected chi connectivity index (χ3v) is 4.26. The molecular weight excluding hydrogens is 278 g/mol. The topological polar surface area (TPSA) is 56.1 Å². The predicted molar refractivity (Wildman–Crippen MR) is 88.2 cm³/mol. The van der Waals surface area contributed by atoms with Crippen LogP contribution in [0.5, 0.6) is 0 Å². The molecule has 0 bridgehead atoms. The van der Waals surface area contributed by atoms with Gasteiger partial charge in [0.1, 0.15) is 0 Å². The third-order valence-electron chi connectivity index (χ3n) is 4.26. The van der Waals surface area contributed by atoms with Crippen molar-refractivity contribution in [2.24, 2.45) is 0 Å². The Hall–Kier alpha value is -1.20. The van der Waals surface area contributed by atoms with Crippen LogP contribution in [0.15, 0.2) is 10.9 Å². The van der Waals surface area contributed by atoms with E-state index in [0.29, 0.717) is 25.7 Å². The summed E-state index contributed by atoms with van der Waals surface area (Å²) in [5.74, 6) is 0. The van der Waals surface area contributed by atoms with Crippen LogP contribution >= 0.6 is 0 Å². The lowest BCUT2D eigenvalue weighted by molar-refractivity contribution is 0.181. The summed E-state index contributed by atoms with van der Waals surface area (Å²) in [5, 5.41) is 8.05. The smallest absolute Gasteiger partial charge is 0.271 e. The van der Waals surface area contributed by atoms with Crippen LogP contribution in [0.1, 0.15) is 57.7 Å². The maximum atomic E-state index is 12.6. The van der Waals surface area contributed by atoms with Crippen molar-refractivity contribution in [3.8, 4) is 0 Å². The number of methoxy groups -OCH3 is 1. The number of nitrogens with one attached hydrogen (secondary N) is 1. The molecule has 1 aromatic heterocycles. The monoisotopic (exact) mass is 307 g/mol. The molecule has 1 aromatic rings. The molecule has 1 saturated carbocycles. The Balaban J connectivity index is 2.23. The lowest BCUT2D eigenvalue weighted by atomic mass is 9.91. The van der Waals surface area contributed by atoms with Gasteiger partial charge in [0.15, 0.2) is 0 Å². The van der Waals surface area contributed by atoms with E-state index in [2.05, 4.69) is 31.2 Å². The summed E-state index contributed by atoms with van der Waals surface area (Å²) in [6.07, 6.45) is 5.02. The first kappa shape index (κ1) is 17.2. The maximum Gasteiger partial charge on any atom is 0.271 e. The van der Waals surface area contributed by atoms with Gasteiger partial charge in [0.05, 0.1) is 18.8 Å². The fourth-order valence-electron chi connectivity index (χ4n) is 2.80. The van der Waals surface area contributed by atoms with Crippen molar-refractivity contribution in [2.45, 2.75) is 71.0 Å². The Morgan fingerprint density at radius 1 is 1.36 bits per heavy atom. The SMILES string of the molecule is COCCn1nc(C(C)(C)C)cc(CNC2CCCC2)c1=O. The van der Waals surface area contributed by atoms with Crippen LogP contribution in [-0.4, -0.2) is 29.5 Å². The van der Waals surface area contributed by atoms with E-state index < -0.39 is 0 Å². The average Bonchev–Trinajstić information content (AvgIpc) is 2.97. The van der Waals surface area contributed by atoms with Crippen molar-refractivity contribution in [3.05, 3.63) is 27.7 Å². The normalized spacial score (nSPS) is 16.4. The lowest BCUT2D eigenvalue weighted by Crippen LogP contribution is -2.35. The van der Waals surface area contributed by atoms with Crippen LogP contribution in [0.2, 0.25) is 0 Å². The molecule has 5 heteroatoms. The molecule has 0 amide bonds. The Morgan fingerprint density at radius 3 is 2.64 bits per heavy atom. The second-order valence-corrected chi connectivity index (χ2v) is 7.19. The fraction of sp³-hybridized carbons (Fsp3) is 0.765. The molecule has 0 aromatic carbocycles. The standard InChI is InChI=1S/C17H29N3O2/c1-17(2,3)15-11-13(12-18-14-7-5-6-8-14)16(21)20(19-15)9-10-22-4/h11,14,18H,5-10,12H2,1-4H3. The van der Waals surface area contributed by atoms with Crippen molar-refractivity contribution in [1.82, 2.24) is 15.1 Å². The molecule has 0 aliphatic heterocycles. The molecule has 5 nitrogen and oxygen atoms in total. The molecule has 22 heavy (non-hydrogen) atoms. The molecule has 0 spiro atoms. The summed E-state index contributed by atoms with van der Waals surface area (Å²) in [7, 11) is 1.64. The Bertz CT molecular complexity index is 540. The van der Waals surface area contributed by atoms with Crippen molar-refractivity contribution < 1.29 is 4.74 Å². The summed E-state index contributed by atoms with van der Waals surface area (Å²) in [6, 6.07) is 2.52. The van der Waals surface area contributed by atoms with E-state index in [9.17, 15) is 4.79 Å². The van der Waals surface area contributed by atoms with Gasteiger partial charge in [0, 0.05) is 30.7 Å². The van der Waals surface area contributed by atoms with Gasteiger partial charge in [-0.3, -0.25) is 4.79 Å². The minimum absolute atomic E-state index is 0.00412. The molecule has 1 aliphatic rings. The molecule has 0 unspecified atom stereocenters.